The predicted molar refractivity (Wildman–Crippen MR) is 61.6 cm³/mol. The van der Waals surface area contributed by atoms with Crippen molar-refractivity contribution in [3.63, 3.8) is 0 Å². The van der Waals surface area contributed by atoms with E-state index in [2.05, 4.69) is 4.74 Å². The average Bonchev–Trinajstić information content (AvgIpc) is 2.97. The van der Waals surface area contributed by atoms with E-state index < -0.39 is 36.4 Å². The van der Waals surface area contributed by atoms with Gasteiger partial charge in [-0.25, -0.2) is 0 Å². The van der Waals surface area contributed by atoms with Crippen molar-refractivity contribution in [3.8, 4) is 0 Å². The summed E-state index contributed by atoms with van der Waals surface area (Å²) in [5.41, 5.74) is -4.88. The largest absolute Gasteiger partial charge is 0.464 e. The summed E-state index contributed by atoms with van der Waals surface area (Å²) in [5.74, 6) is -0.376. The Morgan fingerprint density at radius 3 is 2.05 bits per heavy atom. The topological polar surface area (TPSA) is 46.5 Å². The number of ether oxygens (including phenoxy) is 1. The molecule has 4 unspecified atom stereocenters. The SMILES string of the molecule is O=COC(CC(O)(C(F)(F)F)C(F)(F)F)C1CC2CCC1C2. The third-order valence-corrected chi connectivity index (χ3v) is 4.94. The maximum atomic E-state index is 12.8. The monoisotopic (exact) mass is 334 g/mol. The predicted octanol–water partition coefficient (Wildman–Crippen LogP) is 3.21. The summed E-state index contributed by atoms with van der Waals surface area (Å²) in [5, 5.41) is 9.27. The molecule has 0 radical (unpaired) electrons. The number of alkyl halides is 6. The summed E-state index contributed by atoms with van der Waals surface area (Å²) in [4.78, 5) is 10.5. The van der Waals surface area contributed by atoms with Crippen molar-refractivity contribution in [3.05, 3.63) is 0 Å². The molecule has 0 aromatic heterocycles. The molecule has 0 aliphatic heterocycles. The van der Waals surface area contributed by atoms with Gasteiger partial charge in [-0.2, -0.15) is 26.3 Å². The molecule has 2 aliphatic carbocycles. The smallest absolute Gasteiger partial charge is 0.426 e. The molecule has 1 N–H and O–H groups in total. The lowest BCUT2D eigenvalue weighted by Gasteiger charge is -2.37. The fraction of sp³-hybridized carbons (Fsp3) is 0.923. The molecule has 2 rings (SSSR count). The molecule has 0 saturated heterocycles. The van der Waals surface area contributed by atoms with Gasteiger partial charge in [0.05, 0.1) is 0 Å². The molecule has 0 amide bonds. The maximum Gasteiger partial charge on any atom is 0.426 e. The van der Waals surface area contributed by atoms with E-state index in [1.807, 2.05) is 0 Å². The Hall–Kier alpha value is -0.990. The van der Waals surface area contributed by atoms with Crippen LogP contribution in [0.1, 0.15) is 32.1 Å². The fourth-order valence-electron chi connectivity index (χ4n) is 3.80. The third kappa shape index (κ3) is 2.91. The van der Waals surface area contributed by atoms with Gasteiger partial charge in [-0.15, -0.1) is 0 Å². The minimum atomic E-state index is -5.90. The standard InChI is InChI=1S/C13H16F6O3/c14-12(15,16)11(21,13(17,18)19)5-10(22-6-20)9-4-7-1-2-8(9)3-7/h6-10,21H,1-5H2. The highest BCUT2D eigenvalue weighted by atomic mass is 19.4. The number of halogens is 6. The molecule has 0 spiro atoms. The Bertz CT molecular complexity index is 405. The molecule has 2 bridgehead atoms. The first-order chi connectivity index (χ1) is 9.99. The van der Waals surface area contributed by atoms with Gasteiger partial charge in [0.1, 0.15) is 6.10 Å². The highest BCUT2D eigenvalue weighted by Crippen LogP contribution is 2.53. The van der Waals surface area contributed by atoms with E-state index in [1.54, 1.807) is 0 Å². The lowest BCUT2D eigenvalue weighted by atomic mass is 9.79. The fourth-order valence-corrected chi connectivity index (χ4v) is 3.80. The van der Waals surface area contributed by atoms with Crippen molar-refractivity contribution < 1.29 is 41.0 Å². The van der Waals surface area contributed by atoms with E-state index in [4.69, 9.17) is 0 Å². The molecule has 2 aliphatic rings. The summed E-state index contributed by atoms with van der Waals surface area (Å²) >= 11 is 0. The molecule has 0 aromatic rings. The number of carbonyl (C=O) groups excluding carboxylic acids is 1. The van der Waals surface area contributed by atoms with Gasteiger partial charge in [0.15, 0.2) is 0 Å². The average molecular weight is 334 g/mol. The van der Waals surface area contributed by atoms with Gasteiger partial charge in [0.2, 0.25) is 0 Å². The van der Waals surface area contributed by atoms with E-state index in [0.717, 1.165) is 12.8 Å². The number of hydrogen-bond donors (Lipinski definition) is 1. The lowest BCUT2D eigenvalue weighted by Crippen LogP contribution is -2.59. The van der Waals surface area contributed by atoms with E-state index in [-0.39, 0.29) is 18.3 Å². The Morgan fingerprint density at radius 2 is 1.68 bits per heavy atom. The van der Waals surface area contributed by atoms with Crippen LogP contribution in [0.25, 0.3) is 0 Å². The van der Waals surface area contributed by atoms with Crippen LogP contribution < -0.4 is 0 Å². The molecular weight excluding hydrogens is 318 g/mol. The summed E-state index contributed by atoms with van der Waals surface area (Å²) in [7, 11) is 0. The molecule has 2 saturated carbocycles. The van der Waals surface area contributed by atoms with E-state index in [1.165, 1.54) is 0 Å². The summed E-state index contributed by atoms with van der Waals surface area (Å²) in [6.07, 6.45) is -12.4. The molecular formula is C13H16F6O3. The minimum absolute atomic E-state index is 0.0549. The molecule has 0 aromatic carbocycles. The van der Waals surface area contributed by atoms with Crippen molar-refractivity contribution in [2.75, 3.05) is 0 Å². The molecule has 22 heavy (non-hydrogen) atoms. The molecule has 0 heterocycles. The molecule has 9 heteroatoms. The molecule has 2 fully saturated rings. The summed E-state index contributed by atoms with van der Waals surface area (Å²) in [6, 6.07) is 0. The highest BCUT2D eigenvalue weighted by Gasteiger charge is 2.71. The Morgan fingerprint density at radius 1 is 1.09 bits per heavy atom. The number of carbonyl (C=O) groups is 1. The third-order valence-electron chi connectivity index (χ3n) is 4.94. The number of hydrogen-bond acceptors (Lipinski definition) is 3. The minimum Gasteiger partial charge on any atom is -0.464 e. The first kappa shape index (κ1) is 17.4. The molecule has 3 nitrogen and oxygen atoms in total. The van der Waals surface area contributed by atoms with Gasteiger partial charge in [-0.05, 0) is 37.0 Å². The number of fused-ring (bicyclic) bond motifs is 2. The van der Waals surface area contributed by atoms with Gasteiger partial charge >= 0.3 is 12.4 Å². The van der Waals surface area contributed by atoms with Crippen molar-refractivity contribution in [1.29, 1.82) is 0 Å². The van der Waals surface area contributed by atoms with Crippen LogP contribution in [0.4, 0.5) is 26.3 Å². The van der Waals surface area contributed by atoms with Crippen LogP contribution in [0.2, 0.25) is 0 Å². The van der Waals surface area contributed by atoms with Crippen LogP contribution in [0.15, 0.2) is 0 Å². The highest BCUT2D eigenvalue weighted by molar-refractivity contribution is 5.37. The van der Waals surface area contributed by atoms with Crippen molar-refractivity contribution in [2.45, 2.75) is 56.2 Å². The van der Waals surface area contributed by atoms with Crippen molar-refractivity contribution in [1.82, 2.24) is 0 Å². The van der Waals surface area contributed by atoms with Gasteiger partial charge in [0, 0.05) is 6.42 Å². The van der Waals surface area contributed by atoms with Crippen LogP contribution in [-0.4, -0.2) is 35.6 Å². The van der Waals surface area contributed by atoms with Crippen LogP contribution in [0.3, 0.4) is 0 Å². The summed E-state index contributed by atoms with van der Waals surface area (Å²) in [6.45, 7) is -0.149. The Balaban J connectivity index is 2.23. The number of aliphatic hydroxyl groups is 1. The van der Waals surface area contributed by atoms with Gasteiger partial charge < -0.3 is 9.84 Å². The van der Waals surface area contributed by atoms with E-state index >= 15 is 0 Å². The summed E-state index contributed by atoms with van der Waals surface area (Å²) < 4.78 is 81.1. The maximum absolute atomic E-state index is 12.8. The van der Waals surface area contributed by atoms with Gasteiger partial charge in [-0.1, -0.05) is 6.42 Å². The normalized spacial score (nSPS) is 30.4. The zero-order valence-electron chi connectivity index (χ0n) is 11.5. The first-order valence-electron chi connectivity index (χ1n) is 6.94. The van der Waals surface area contributed by atoms with Crippen LogP contribution in [-0.2, 0) is 9.53 Å². The molecule has 4 atom stereocenters. The molecule has 128 valence electrons. The van der Waals surface area contributed by atoms with Crippen molar-refractivity contribution >= 4 is 6.47 Å². The second-order valence-electron chi connectivity index (χ2n) is 6.17. The zero-order valence-corrected chi connectivity index (χ0v) is 11.5. The van der Waals surface area contributed by atoms with Gasteiger partial charge in [-0.3, -0.25) is 4.79 Å². The zero-order chi connectivity index (χ0) is 16.8. The first-order valence-corrected chi connectivity index (χ1v) is 6.94. The van der Waals surface area contributed by atoms with E-state index in [0.29, 0.717) is 12.8 Å². The van der Waals surface area contributed by atoms with Crippen LogP contribution in [0, 0.1) is 17.8 Å². The lowest BCUT2D eigenvalue weighted by molar-refractivity contribution is -0.375. The van der Waals surface area contributed by atoms with Crippen LogP contribution >= 0.6 is 0 Å². The van der Waals surface area contributed by atoms with Crippen LogP contribution in [0.5, 0.6) is 0 Å². The second kappa shape index (κ2) is 5.58. The Labute approximate surface area is 122 Å². The number of rotatable bonds is 5. The second-order valence-corrected chi connectivity index (χ2v) is 6.17. The quantitative estimate of drug-likeness (QED) is 0.620. The Kier molecular flexibility index (Phi) is 4.40. The van der Waals surface area contributed by atoms with E-state index in [9.17, 15) is 36.2 Å². The van der Waals surface area contributed by atoms with Gasteiger partial charge in [0.25, 0.3) is 12.1 Å². The van der Waals surface area contributed by atoms with Crippen molar-refractivity contribution in [2.24, 2.45) is 17.8 Å².